The third-order valence-corrected chi connectivity index (χ3v) is 2.01. The van der Waals surface area contributed by atoms with E-state index in [2.05, 4.69) is 31.3 Å². The van der Waals surface area contributed by atoms with Gasteiger partial charge < -0.3 is 0 Å². The molecule has 1 heterocycles. The van der Waals surface area contributed by atoms with Gasteiger partial charge in [-0.1, -0.05) is 26.8 Å². The Balaban J connectivity index is 2.66. The van der Waals surface area contributed by atoms with Crippen molar-refractivity contribution in [1.29, 1.82) is 0 Å². The summed E-state index contributed by atoms with van der Waals surface area (Å²) in [5.74, 6) is 4.65. The number of hydrogen-bond acceptors (Lipinski definition) is 4. The summed E-state index contributed by atoms with van der Waals surface area (Å²) in [4.78, 5) is 11.1. The first-order valence-electron chi connectivity index (χ1n) is 4.49. The van der Waals surface area contributed by atoms with Crippen LogP contribution in [0.15, 0.2) is 16.9 Å². The van der Waals surface area contributed by atoms with E-state index in [1.807, 2.05) is 11.5 Å². The molecule has 0 fully saturated rings. The van der Waals surface area contributed by atoms with E-state index in [9.17, 15) is 4.79 Å². The average molecular weight is 196 g/mol. The number of nitrogens with zero attached hydrogens (tertiary/aromatic N) is 1. The Labute approximate surface area is 83.4 Å². The minimum absolute atomic E-state index is 0.0220. The molecule has 0 aromatic rings. The molecule has 78 valence electrons. The minimum atomic E-state index is -0.346. The Morgan fingerprint density at radius 1 is 1.64 bits per heavy atom. The van der Waals surface area contributed by atoms with Gasteiger partial charge in [-0.15, -0.1) is 0 Å². The lowest BCUT2D eigenvalue weighted by atomic mass is 9.91. The summed E-state index contributed by atoms with van der Waals surface area (Å²) in [5.41, 5.74) is 6.35. The zero-order valence-corrected chi connectivity index (χ0v) is 8.72. The lowest BCUT2D eigenvalue weighted by molar-refractivity contribution is -0.115. The number of amides is 1. The van der Waals surface area contributed by atoms with E-state index in [1.165, 1.54) is 0 Å². The van der Waals surface area contributed by atoms with Crippen LogP contribution in [0.5, 0.6) is 0 Å². The van der Waals surface area contributed by atoms with Gasteiger partial charge in [0, 0.05) is 17.5 Å². The van der Waals surface area contributed by atoms with Crippen molar-refractivity contribution in [2.24, 2.45) is 16.4 Å². The van der Waals surface area contributed by atoms with Crippen molar-refractivity contribution in [2.75, 3.05) is 0 Å². The van der Waals surface area contributed by atoms with Crippen LogP contribution in [0, 0.1) is 5.41 Å². The molecule has 0 spiro atoms. The lowest BCUT2D eigenvalue weighted by Gasteiger charge is -2.25. The minimum Gasteiger partial charge on any atom is -0.289 e. The van der Waals surface area contributed by atoms with E-state index in [0.717, 1.165) is 5.70 Å². The number of allylic oxidation sites excluding steroid dienone is 2. The first-order chi connectivity index (χ1) is 6.45. The molecule has 0 atom stereocenters. The maximum Gasteiger partial charge on any atom is 0.281 e. The fourth-order valence-corrected chi connectivity index (χ4v) is 1.12. The molecule has 0 bridgehead atoms. The molecule has 5 heteroatoms. The molecule has 0 unspecified atom stereocenters. The first-order valence-corrected chi connectivity index (χ1v) is 4.49. The van der Waals surface area contributed by atoms with Crippen LogP contribution in [-0.2, 0) is 4.79 Å². The van der Waals surface area contributed by atoms with Crippen LogP contribution in [0.3, 0.4) is 0 Å². The number of rotatable bonds is 1. The molecule has 1 aliphatic rings. The smallest absolute Gasteiger partial charge is 0.281 e. The number of carbonyl (C=O) groups excluding carboxylic acids is 1. The van der Waals surface area contributed by atoms with Gasteiger partial charge in [-0.3, -0.25) is 15.6 Å². The Hall–Kier alpha value is -1.36. The molecule has 14 heavy (non-hydrogen) atoms. The topological polar surface area (TPSA) is 79.5 Å². The normalized spacial score (nSPS) is 16.6. The standard InChI is InChI=1S/C9H16N4O/c1-9(2,3)7-5-4-6(12-13-7)8(14)11-10/h5,13H,4,10H2,1-3H3,(H,11,14). The van der Waals surface area contributed by atoms with Gasteiger partial charge in [-0.25, -0.2) is 5.84 Å². The van der Waals surface area contributed by atoms with Gasteiger partial charge in [0.25, 0.3) is 5.91 Å². The fourth-order valence-electron chi connectivity index (χ4n) is 1.12. The van der Waals surface area contributed by atoms with Gasteiger partial charge >= 0.3 is 0 Å². The Morgan fingerprint density at radius 2 is 2.29 bits per heavy atom. The van der Waals surface area contributed by atoms with Crippen molar-refractivity contribution in [3.05, 3.63) is 11.8 Å². The molecule has 0 saturated carbocycles. The molecule has 0 aromatic carbocycles. The molecule has 1 amide bonds. The summed E-state index contributed by atoms with van der Waals surface area (Å²) in [7, 11) is 0. The van der Waals surface area contributed by atoms with Gasteiger partial charge in [-0.05, 0) is 0 Å². The highest BCUT2D eigenvalue weighted by Crippen LogP contribution is 2.24. The SMILES string of the molecule is CC(C)(C)C1=CCC(C(=O)NN)=NN1. The van der Waals surface area contributed by atoms with Crippen LogP contribution >= 0.6 is 0 Å². The van der Waals surface area contributed by atoms with Crippen molar-refractivity contribution < 1.29 is 4.79 Å². The zero-order valence-electron chi connectivity index (χ0n) is 8.72. The number of hydrazone groups is 1. The van der Waals surface area contributed by atoms with Crippen LogP contribution in [-0.4, -0.2) is 11.6 Å². The molecule has 0 aliphatic carbocycles. The summed E-state index contributed by atoms with van der Waals surface area (Å²) in [6.45, 7) is 6.24. The first kappa shape index (κ1) is 10.7. The molecule has 5 nitrogen and oxygen atoms in total. The number of nitrogens with two attached hydrogens (primary N) is 1. The van der Waals surface area contributed by atoms with Crippen molar-refractivity contribution >= 4 is 11.6 Å². The van der Waals surface area contributed by atoms with E-state index in [-0.39, 0.29) is 11.3 Å². The van der Waals surface area contributed by atoms with E-state index < -0.39 is 0 Å². The second-order valence-electron chi connectivity index (χ2n) is 4.22. The van der Waals surface area contributed by atoms with Gasteiger partial charge in [0.2, 0.25) is 0 Å². The third kappa shape index (κ3) is 2.32. The lowest BCUT2D eigenvalue weighted by Crippen LogP contribution is -2.38. The molecular weight excluding hydrogens is 180 g/mol. The molecule has 4 N–H and O–H groups in total. The quantitative estimate of drug-likeness (QED) is 0.319. The maximum atomic E-state index is 11.1. The largest absolute Gasteiger partial charge is 0.289 e. The zero-order chi connectivity index (χ0) is 10.8. The number of nitrogens with one attached hydrogen (secondary N) is 2. The summed E-state index contributed by atoms with van der Waals surface area (Å²) in [5, 5.41) is 3.95. The van der Waals surface area contributed by atoms with Crippen LogP contribution in [0.4, 0.5) is 0 Å². The molecule has 0 radical (unpaired) electrons. The molecule has 0 saturated heterocycles. The van der Waals surface area contributed by atoms with Crippen molar-refractivity contribution in [2.45, 2.75) is 27.2 Å². The van der Waals surface area contributed by atoms with Gasteiger partial charge in [-0.2, -0.15) is 5.10 Å². The van der Waals surface area contributed by atoms with Crippen LogP contribution in [0.1, 0.15) is 27.2 Å². The molecule has 1 rings (SSSR count). The van der Waals surface area contributed by atoms with Gasteiger partial charge in [0.15, 0.2) is 0 Å². The second-order valence-corrected chi connectivity index (χ2v) is 4.22. The number of hydrogen-bond donors (Lipinski definition) is 3. The predicted octanol–water partition coefficient (Wildman–Crippen LogP) is 0.256. The number of carbonyl (C=O) groups is 1. The Bertz CT molecular complexity index is 298. The average Bonchev–Trinajstić information content (AvgIpc) is 2.15. The summed E-state index contributed by atoms with van der Waals surface area (Å²) in [6, 6.07) is 0. The van der Waals surface area contributed by atoms with Crippen LogP contribution in [0.25, 0.3) is 0 Å². The van der Waals surface area contributed by atoms with E-state index in [4.69, 9.17) is 5.84 Å². The van der Waals surface area contributed by atoms with E-state index >= 15 is 0 Å². The van der Waals surface area contributed by atoms with Crippen LogP contribution < -0.4 is 16.7 Å². The van der Waals surface area contributed by atoms with Crippen molar-refractivity contribution in [3.63, 3.8) is 0 Å². The molecular formula is C9H16N4O. The highest BCUT2D eigenvalue weighted by atomic mass is 16.2. The Morgan fingerprint density at radius 3 is 2.64 bits per heavy atom. The van der Waals surface area contributed by atoms with Crippen molar-refractivity contribution in [1.82, 2.24) is 10.9 Å². The maximum absolute atomic E-state index is 11.1. The van der Waals surface area contributed by atoms with Crippen molar-refractivity contribution in [3.8, 4) is 0 Å². The van der Waals surface area contributed by atoms with E-state index in [1.54, 1.807) is 0 Å². The number of hydrazine groups is 1. The third-order valence-electron chi connectivity index (χ3n) is 2.01. The monoisotopic (exact) mass is 196 g/mol. The Kier molecular flexibility index (Phi) is 2.90. The highest BCUT2D eigenvalue weighted by Gasteiger charge is 2.21. The van der Waals surface area contributed by atoms with Gasteiger partial charge in [0.05, 0.1) is 0 Å². The fraction of sp³-hybridized carbons (Fsp3) is 0.556. The second kappa shape index (κ2) is 3.79. The summed E-state index contributed by atoms with van der Waals surface area (Å²) >= 11 is 0. The van der Waals surface area contributed by atoms with E-state index in [0.29, 0.717) is 12.1 Å². The van der Waals surface area contributed by atoms with Gasteiger partial charge in [0.1, 0.15) is 5.71 Å². The predicted molar refractivity (Wildman–Crippen MR) is 55.1 cm³/mol. The summed E-state index contributed by atoms with van der Waals surface area (Å²) < 4.78 is 0. The highest BCUT2D eigenvalue weighted by molar-refractivity contribution is 6.39. The molecule has 0 aromatic heterocycles. The summed E-state index contributed by atoms with van der Waals surface area (Å²) in [6.07, 6.45) is 2.47. The molecule has 1 aliphatic heterocycles. The van der Waals surface area contributed by atoms with Crippen LogP contribution in [0.2, 0.25) is 0 Å².